The summed E-state index contributed by atoms with van der Waals surface area (Å²) in [4.78, 5) is 29.0. The summed E-state index contributed by atoms with van der Waals surface area (Å²) in [6, 6.07) is 14.9. The fraction of sp³-hybridized carbons (Fsp3) is 0.154. The number of hydrogen-bond acceptors (Lipinski definition) is 5. The molecule has 0 spiro atoms. The third kappa shape index (κ3) is 3.31. The van der Waals surface area contributed by atoms with Crippen LogP contribution in [-0.4, -0.2) is 18.1 Å². The fourth-order valence-corrected chi connectivity index (χ4v) is 4.69. The van der Waals surface area contributed by atoms with E-state index >= 15 is 0 Å². The molecule has 1 aliphatic rings. The number of aryl methyl sites for hydroxylation is 2. The Hall–Kier alpha value is -3.58. The molecule has 5 rings (SSSR count). The molecule has 166 valence electrons. The second-order valence-corrected chi connectivity index (χ2v) is 9.01. The Labute approximate surface area is 198 Å². The van der Waals surface area contributed by atoms with Crippen LogP contribution in [0.1, 0.15) is 38.9 Å². The smallest absolute Gasteiger partial charge is 0.295 e. The number of anilines is 1. The number of fused-ring (bicyclic) bond motifs is 2. The average molecular weight is 506 g/mol. The van der Waals surface area contributed by atoms with Gasteiger partial charge in [0.05, 0.1) is 24.1 Å². The number of phenolic OH excluding ortho intramolecular Hbond substituents is 1. The van der Waals surface area contributed by atoms with E-state index in [1.807, 2.05) is 32.0 Å². The number of methoxy groups -OCH3 is 1. The van der Waals surface area contributed by atoms with Gasteiger partial charge < -0.3 is 14.3 Å². The summed E-state index contributed by atoms with van der Waals surface area (Å²) in [6.07, 6.45) is 0. The van der Waals surface area contributed by atoms with Crippen molar-refractivity contribution in [3.8, 4) is 11.5 Å². The molecule has 2 heterocycles. The molecule has 1 amide bonds. The lowest BCUT2D eigenvalue weighted by Gasteiger charge is -2.25. The van der Waals surface area contributed by atoms with Crippen LogP contribution in [0.2, 0.25) is 0 Å². The lowest BCUT2D eigenvalue weighted by Crippen LogP contribution is -2.29. The van der Waals surface area contributed by atoms with Gasteiger partial charge in [-0.3, -0.25) is 14.5 Å². The highest BCUT2D eigenvalue weighted by Crippen LogP contribution is 2.43. The van der Waals surface area contributed by atoms with Crippen LogP contribution in [0.4, 0.5) is 5.69 Å². The van der Waals surface area contributed by atoms with E-state index in [-0.39, 0.29) is 28.3 Å². The van der Waals surface area contributed by atoms with E-state index in [4.69, 9.17) is 9.15 Å². The number of carbonyl (C=O) groups is 1. The predicted molar refractivity (Wildman–Crippen MR) is 129 cm³/mol. The largest absolute Gasteiger partial charge is 0.504 e. The van der Waals surface area contributed by atoms with Crippen LogP contribution in [-0.2, 0) is 0 Å². The molecule has 1 unspecified atom stereocenters. The third-order valence-corrected chi connectivity index (χ3v) is 6.59. The summed E-state index contributed by atoms with van der Waals surface area (Å²) < 4.78 is 12.1. The van der Waals surface area contributed by atoms with Crippen LogP contribution >= 0.6 is 15.9 Å². The SMILES string of the molecule is COc1cc(C2c3c(oc4cc(C)c(C)cc4c3=O)C(=O)N2c2cccc(Br)c2)ccc1O. The number of carbonyl (C=O) groups excluding carboxylic acids is 1. The molecular formula is C26H20BrNO5. The van der Waals surface area contributed by atoms with Crippen molar-refractivity contribution in [3.05, 3.63) is 97.3 Å². The lowest BCUT2D eigenvalue weighted by molar-refractivity contribution is 0.0971. The third-order valence-electron chi connectivity index (χ3n) is 6.09. The first kappa shape index (κ1) is 21.3. The predicted octanol–water partition coefficient (Wildman–Crippen LogP) is 5.64. The Morgan fingerprint density at radius 1 is 1.03 bits per heavy atom. The number of phenols is 1. The minimum Gasteiger partial charge on any atom is -0.504 e. The molecule has 0 bridgehead atoms. The molecule has 1 aromatic heterocycles. The van der Waals surface area contributed by atoms with Crippen molar-refractivity contribution in [2.45, 2.75) is 19.9 Å². The van der Waals surface area contributed by atoms with E-state index in [1.165, 1.54) is 13.2 Å². The second kappa shape index (κ2) is 7.78. The molecule has 6 nitrogen and oxygen atoms in total. The molecule has 1 aliphatic heterocycles. The van der Waals surface area contributed by atoms with Crippen molar-refractivity contribution in [2.75, 3.05) is 12.0 Å². The molecule has 0 radical (unpaired) electrons. The minimum absolute atomic E-state index is 0.0211. The summed E-state index contributed by atoms with van der Waals surface area (Å²) in [5.74, 6) is -0.166. The maximum absolute atomic E-state index is 13.7. The molecule has 0 saturated heterocycles. The van der Waals surface area contributed by atoms with Gasteiger partial charge in [-0.05, 0) is 73.0 Å². The van der Waals surface area contributed by atoms with Gasteiger partial charge in [0.1, 0.15) is 5.58 Å². The Morgan fingerprint density at radius 3 is 2.52 bits per heavy atom. The van der Waals surface area contributed by atoms with Gasteiger partial charge >= 0.3 is 0 Å². The highest BCUT2D eigenvalue weighted by Gasteiger charge is 2.44. The Balaban J connectivity index is 1.84. The molecule has 1 N–H and O–H groups in total. The molecule has 0 fully saturated rings. The van der Waals surface area contributed by atoms with Gasteiger partial charge in [-0.1, -0.05) is 28.1 Å². The summed E-state index contributed by atoms with van der Waals surface area (Å²) >= 11 is 3.46. The lowest BCUT2D eigenvalue weighted by atomic mass is 9.97. The Kier molecular flexibility index (Phi) is 5.01. The van der Waals surface area contributed by atoms with Crippen LogP contribution < -0.4 is 15.1 Å². The van der Waals surface area contributed by atoms with Crippen molar-refractivity contribution in [1.82, 2.24) is 0 Å². The molecular weight excluding hydrogens is 486 g/mol. The average Bonchev–Trinajstić information content (AvgIpc) is 3.08. The minimum atomic E-state index is -0.751. The van der Waals surface area contributed by atoms with Crippen molar-refractivity contribution in [1.29, 1.82) is 0 Å². The number of benzene rings is 3. The van der Waals surface area contributed by atoms with E-state index in [2.05, 4.69) is 15.9 Å². The quantitative estimate of drug-likeness (QED) is 0.389. The van der Waals surface area contributed by atoms with E-state index in [9.17, 15) is 14.7 Å². The zero-order valence-electron chi connectivity index (χ0n) is 18.2. The zero-order valence-corrected chi connectivity index (χ0v) is 19.8. The number of ether oxygens (including phenoxy) is 1. The van der Waals surface area contributed by atoms with Crippen molar-refractivity contribution < 1.29 is 19.1 Å². The first-order chi connectivity index (χ1) is 15.8. The van der Waals surface area contributed by atoms with Gasteiger partial charge in [0.25, 0.3) is 5.91 Å². The molecule has 1 atom stereocenters. The van der Waals surface area contributed by atoms with Gasteiger partial charge in [-0.15, -0.1) is 0 Å². The molecule has 7 heteroatoms. The summed E-state index contributed by atoms with van der Waals surface area (Å²) in [5.41, 5.74) is 3.56. The highest BCUT2D eigenvalue weighted by atomic mass is 79.9. The van der Waals surface area contributed by atoms with Gasteiger partial charge in [-0.25, -0.2) is 0 Å². The van der Waals surface area contributed by atoms with Gasteiger partial charge in [0, 0.05) is 10.2 Å². The fourth-order valence-electron chi connectivity index (χ4n) is 4.30. The van der Waals surface area contributed by atoms with Gasteiger partial charge in [0.2, 0.25) is 5.76 Å². The molecule has 4 aromatic rings. The maximum Gasteiger partial charge on any atom is 0.295 e. The number of halogens is 1. The standard InChI is InChI=1S/C26H20BrNO5/c1-13-9-18-20(10-14(13)2)33-25-22(24(18)30)23(15-7-8-19(29)21(11-15)32-3)28(26(25)31)17-6-4-5-16(27)12-17/h4-12,23,29H,1-3H3. The molecule has 33 heavy (non-hydrogen) atoms. The highest BCUT2D eigenvalue weighted by molar-refractivity contribution is 9.10. The Bertz CT molecular complexity index is 1510. The van der Waals surface area contributed by atoms with E-state index in [1.54, 1.807) is 35.2 Å². The maximum atomic E-state index is 13.7. The van der Waals surface area contributed by atoms with Crippen LogP contribution in [0.15, 0.2) is 68.3 Å². The monoisotopic (exact) mass is 505 g/mol. The number of hydrogen-bond donors (Lipinski definition) is 1. The van der Waals surface area contributed by atoms with Gasteiger partial charge in [-0.2, -0.15) is 0 Å². The van der Waals surface area contributed by atoms with Crippen molar-refractivity contribution >= 4 is 38.5 Å². The molecule has 3 aromatic carbocycles. The van der Waals surface area contributed by atoms with Crippen molar-refractivity contribution in [2.24, 2.45) is 0 Å². The van der Waals surface area contributed by atoms with Crippen LogP contribution in [0.3, 0.4) is 0 Å². The second-order valence-electron chi connectivity index (χ2n) is 8.10. The first-order valence-electron chi connectivity index (χ1n) is 10.3. The Morgan fingerprint density at radius 2 is 1.79 bits per heavy atom. The zero-order chi connectivity index (χ0) is 23.4. The van der Waals surface area contributed by atoms with Crippen LogP contribution in [0.5, 0.6) is 11.5 Å². The summed E-state index contributed by atoms with van der Waals surface area (Å²) in [6.45, 7) is 3.87. The number of nitrogens with zero attached hydrogens (tertiary/aromatic N) is 1. The number of rotatable bonds is 3. The van der Waals surface area contributed by atoms with Crippen molar-refractivity contribution in [3.63, 3.8) is 0 Å². The normalized spacial score (nSPS) is 15.2. The van der Waals surface area contributed by atoms with E-state index in [0.717, 1.165) is 15.6 Å². The van der Waals surface area contributed by atoms with Gasteiger partial charge in [0.15, 0.2) is 16.9 Å². The molecule has 0 saturated carbocycles. The van der Waals surface area contributed by atoms with E-state index < -0.39 is 11.9 Å². The summed E-state index contributed by atoms with van der Waals surface area (Å²) in [5, 5.41) is 10.5. The van der Waals surface area contributed by atoms with Crippen LogP contribution in [0, 0.1) is 13.8 Å². The summed E-state index contributed by atoms with van der Waals surface area (Å²) in [7, 11) is 1.45. The topological polar surface area (TPSA) is 80.0 Å². The number of aromatic hydroxyl groups is 1. The molecule has 0 aliphatic carbocycles. The first-order valence-corrected chi connectivity index (χ1v) is 11.1. The van der Waals surface area contributed by atoms with Crippen LogP contribution in [0.25, 0.3) is 11.0 Å². The number of amides is 1. The van der Waals surface area contributed by atoms with E-state index in [0.29, 0.717) is 22.2 Å².